The van der Waals surface area contributed by atoms with E-state index in [1.54, 1.807) is 0 Å². The van der Waals surface area contributed by atoms with Crippen LogP contribution in [0, 0.1) is 5.92 Å². The van der Waals surface area contributed by atoms with Crippen LogP contribution in [0.5, 0.6) is 0 Å². The first-order chi connectivity index (χ1) is 12.0. The lowest BCUT2D eigenvalue weighted by Gasteiger charge is -2.25. The molecule has 25 heavy (non-hydrogen) atoms. The molecule has 0 aromatic rings. The van der Waals surface area contributed by atoms with Gasteiger partial charge in [0.15, 0.2) is 0 Å². The van der Waals surface area contributed by atoms with Crippen LogP contribution in [0.25, 0.3) is 0 Å². The molecule has 0 fully saturated rings. The van der Waals surface area contributed by atoms with Gasteiger partial charge in [-0.2, -0.15) is 0 Å². The van der Waals surface area contributed by atoms with Gasteiger partial charge in [0.25, 0.3) is 0 Å². The molecule has 0 aromatic heterocycles. The highest BCUT2D eigenvalue weighted by Crippen LogP contribution is 2.32. The van der Waals surface area contributed by atoms with Crippen molar-refractivity contribution in [2.75, 3.05) is 0 Å². The zero-order chi connectivity index (χ0) is 19.0. The van der Waals surface area contributed by atoms with Crippen LogP contribution in [0.15, 0.2) is 0 Å². The van der Waals surface area contributed by atoms with Gasteiger partial charge in [-0.1, -0.05) is 104 Å². The smallest absolute Gasteiger partial charge is 0.341 e. The average Bonchev–Trinajstić information content (AvgIpc) is 2.60. The fourth-order valence-corrected chi connectivity index (χ4v) is 3.59. The molecule has 0 amide bonds. The number of alkyl halides is 1. The van der Waals surface area contributed by atoms with Gasteiger partial charge < -0.3 is 5.11 Å². The summed E-state index contributed by atoms with van der Waals surface area (Å²) < 4.78 is 14.9. The fraction of sp³-hybridized carbons (Fsp3) is 0.955. The first kappa shape index (κ1) is 24.4. The van der Waals surface area contributed by atoms with Crippen molar-refractivity contribution < 1.29 is 14.3 Å². The second-order valence-electron chi connectivity index (χ2n) is 7.82. The molecule has 2 atom stereocenters. The van der Waals surface area contributed by atoms with Gasteiger partial charge in [-0.15, -0.1) is 0 Å². The zero-order valence-electron chi connectivity index (χ0n) is 17.1. The third-order valence-corrected chi connectivity index (χ3v) is 5.47. The maximum absolute atomic E-state index is 14.9. The summed E-state index contributed by atoms with van der Waals surface area (Å²) in [5.41, 5.74) is -2.02. The zero-order valence-corrected chi connectivity index (χ0v) is 17.1. The van der Waals surface area contributed by atoms with Crippen LogP contribution in [-0.4, -0.2) is 16.7 Å². The van der Waals surface area contributed by atoms with Crippen molar-refractivity contribution in [1.82, 2.24) is 0 Å². The molecule has 0 aromatic carbocycles. The van der Waals surface area contributed by atoms with Crippen LogP contribution < -0.4 is 0 Å². The van der Waals surface area contributed by atoms with Gasteiger partial charge in [-0.05, 0) is 25.2 Å². The first-order valence-corrected chi connectivity index (χ1v) is 10.9. The predicted octanol–water partition coefficient (Wildman–Crippen LogP) is 7.70. The standard InChI is InChI=1S/C22H43FO2/c1-4-7-9-10-11-12-13-14-15-16-18-22(23,21(24)25)19-20(6-3)17-8-5-2/h20H,4-19H2,1-3H3,(H,24,25). The maximum Gasteiger partial charge on any atom is 0.341 e. The van der Waals surface area contributed by atoms with Crippen molar-refractivity contribution in [2.24, 2.45) is 5.92 Å². The van der Waals surface area contributed by atoms with E-state index < -0.39 is 11.6 Å². The monoisotopic (exact) mass is 358 g/mol. The van der Waals surface area contributed by atoms with Gasteiger partial charge in [-0.25, -0.2) is 9.18 Å². The summed E-state index contributed by atoms with van der Waals surface area (Å²) in [7, 11) is 0. The van der Waals surface area contributed by atoms with Crippen molar-refractivity contribution in [3.63, 3.8) is 0 Å². The predicted molar refractivity (Wildman–Crippen MR) is 106 cm³/mol. The van der Waals surface area contributed by atoms with Gasteiger partial charge in [0.05, 0.1) is 0 Å². The Labute approximate surface area is 156 Å². The molecule has 150 valence electrons. The van der Waals surface area contributed by atoms with E-state index in [1.165, 1.54) is 44.9 Å². The minimum Gasteiger partial charge on any atom is -0.479 e. The van der Waals surface area contributed by atoms with Crippen molar-refractivity contribution in [2.45, 2.75) is 129 Å². The third kappa shape index (κ3) is 12.4. The minimum absolute atomic E-state index is 0.182. The highest BCUT2D eigenvalue weighted by Gasteiger charge is 2.39. The summed E-state index contributed by atoms with van der Waals surface area (Å²) >= 11 is 0. The highest BCUT2D eigenvalue weighted by molar-refractivity contribution is 5.77. The molecule has 0 saturated heterocycles. The molecule has 0 heterocycles. The van der Waals surface area contributed by atoms with Crippen LogP contribution in [0.2, 0.25) is 0 Å². The van der Waals surface area contributed by atoms with Crippen LogP contribution in [-0.2, 0) is 4.79 Å². The summed E-state index contributed by atoms with van der Waals surface area (Å²) in [4.78, 5) is 11.5. The van der Waals surface area contributed by atoms with Crippen molar-refractivity contribution in [1.29, 1.82) is 0 Å². The molecule has 0 aliphatic rings. The van der Waals surface area contributed by atoms with E-state index in [1.807, 2.05) is 6.92 Å². The van der Waals surface area contributed by atoms with Gasteiger partial charge in [0.1, 0.15) is 0 Å². The third-order valence-electron chi connectivity index (χ3n) is 5.47. The van der Waals surface area contributed by atoms with Crippen LogP contribution in [0.4, 0.5) is 4.39 Å². The number of carboxylic acids is 1. The molecule has 3 heteroatoms. The summed E-state index contributed by atoms with van der Waals surface area (Å²) in [6, 6.07) is 0. The topological polar surface area (TPSA) is 37.3 Å². The molecule has 0 rings (SSSR count). The Morgan fingerprint density at radius 2 is 1.32 bits per heavy atom. The van der Waals surface area contributed by atoms with Crippen LogP contribution >= 0.6 is 0 Å². The lowest BCUT2D eigenvalue weighted by Crippen LogP contribution is -2.36. The molecule has 0 aliphatic heterocycles. The summed E-state index contributed by atoms with van der Waals surface area (Å²) in [6.45, 7) is 6.40. The molecular formula is C22H43FO2. The van der Waals surface area contributed by atoms with Crippen molar-refractivity contribution in [3.05, 3.63) is 0 Å². The molecule has 2 nitrogen and oxygen atoms in total. The molecule has 2 unspecified atom stereocenters. The maximum atomic E-state index is 14.9. The normalized spacial score (nSPS) is 15.0. The Morgan fingerprint density at radius 1 is 0.840 bits per heavy atom. The second-order valence-corrected chi connectivity index (χ2v) is 7.82. The lowest BCUT2D eigenvalue weighted by molar-refractivity contribution is -0.153. The summed E-state index contributed by atoms with van der Waals surface area (Å²) in [5, 5.41) is 9.37. The number of carbonyl (C=O) groups is 1. The van der Waals surface area contributed by atoms with Gasteiger partial charge in [0.2, 0.25) is 5.67 Å². The first-order valence-electron chi connectivity index (χ1n) is 10.9. The number of hydrogen-bond acceptors (Lipinski definition) is 1. The lowest BCUT2D eigenvalue weighted by atomic mass is 9.84. The van der Waals surface area contributed by atoms with E-state index in [0.717, 1.165) is 38.5 Å². The van der Waals surface area contributed by atoms with E-state index in [2.05, 4.69) is 13.8 Å². The number of halogens is 1. The Morgan fingerprint density at radius 3 is 1.76 bits per heavy atom. The van der Waals surface area contributed by atoms with Gasteiger partial charge in [0, 0.05) is 0 Å². The molecule has 0 radical (unpaired) electrons. The van der Waals surface area contributed by atoms with Crippen molar-refractivity contribution >= 4 is 5.97 Å². The molecule has 0 saturated carbocycles. The fourth-order valence-electron chi connectivity index (χ4n) is 3.59. The van der Waals surface area contributed by atoms with Gasteiger partial charge >= 0.3 is 5.97 Å². The molecule has 0 spiro atoms. The second kappa shape index (κ2) is 15.6. The van der Waals surface area contributed by atoms with Crippen LogP contribution in [0.1, 0.15) is 124 Å². The van der Waals surface area contributed by atoms with E-state index in [9.17, 15) is 14.3 Å². The Balaban J connectivity index is 3.96. The van der Waals surface area contributed by atoms with E-state index in [4.69, 9.17) is 0 Å². The molecular weight excluding hydrogens is 315 g/mol. The minimum atomic E-state index is -2.02. The van der Waals surface area contributed by atoms with Gasteiger partial charge in [-0.3, -0.25) is 0 Å². The number of rotatable bonds is 18. The van der Waals surface area contributed by atoms with Crippen molar-refractivity contribution in [3.8, 4) is 0 Å². The molecule has 0 aliphatic carbocycles. The number of carboxylic acid groups (broad SMARTS) is 1. The highest BCUT2D eigenvalue weighted by atomic mass is 19.1. The van der Waals surface area contributed by atoms with E-state index >= 15 is 0 Å². The number of hydrogen-bond donors (Lipinski definition) is 1. The summed E-state index contributed by atoms with van der Waals surface area (Å²) in [5.74, 6) is -1.05. The quantitative estimate of drug-likeness (QED) is 0.255. The average molecular weight is 359 g/mol. The SMILES string of the molecule is CCCCCCCCCCCCC(F)(CC(CC)CCCC)C(=O)O. The summed E-state index contributed by atoms with van der Waals surface area (Å²) in [6.07, 6.45) is 16.2. The van der Waals surface area contributed by atoms with E-state index in [-0.39, 0.29) is 18.8 Å². The Bertz CT molecular complexity index is 319. The molecule has 0 bridgehead atoms. The van der Waals surface area contributed by atoms with Crippen LogP contribution in [0.3, 0.4) is 0 Å². The largest absolute Gasteiger partial charge is 0.479 e. The van der Waals surface area contributed by atoms with E-state index in [0.29, 0.717) is 6.42 Å². The number of unbranched alkanes of at least 4 members (excludes halogenated alkanes) is 10. The Hall–Kier alpha value is -0.600. The Kier molecular flexibility index (Phi) is 15.3. The molecule has 1 N–H and O–H groups in total. The number of aliphatic carboxylic acids is 1.